The standard InChI is InChI=1S/C14H26N2O/c15-10-11-16(13-8-5-9-13)14(17)12-6-3-1-2-4-7-12/h12-13H,1-11,15H2. The van der Waals surface area contributed by atoms with Crippen LogP contribution in [0.5, 0.6) is 0 Å². The van der Waals surface area contributed by atoms with E-state index in [1.807, 2.05) is 0 Å². The Morgan fingerprint density at radius 2 is 1.65 bits per heavy atom. The fourth-order valence-electron chi connectivity index (χ4n) is 3.07. The number of amides is 1. The molecule has 0 unspecified atom stereocenters. The summed E-state index contributed by atoms with van der Waals surface area (Å²) in [5.41, 5.74) is 5.65. The number of hydrogen-bond acceptors (Lipinski definition) is 2. The minimum absolute atomic E-state index is 0.296. The Balaban J connectivity index is 1.93. The summed E-state index contributed by atoms with van der Waals surface area (Å²) < 4.78 is 0. The van der Waals surface area contributed by atoms with Gasteiger partial charge in [-0.25, -0.2) is 0 Å². The Morgan fingerprint density at radius 3 is 2.12 bits per heavy atom. The monoisotopic (exact) mass is 238 g/mol. The normalized spacial score (nSPS) is 22.9. The van der Waals surface area contributed by atoms with Crippen LogP contribution in [0, 0.1) is 5.92 Å². The maximum Gasteiger partial charge on any atom is 0.225 e. The third-order valence-corrected chi connectivity index (χ3v) is 4.37. The van der Waals surface area contributed by atoms with Gasteiger partial charge in [0.15, 0.2) is 0 Å². The van der Waals surface area contributed by atoms with Crippen LogP contribution in [-0.2, 0) is 4.79 Å². The van der Waals surface area contributed by atoms with E-state index in [2.05, 4.69) is 4.90 Å². The largest absolute Gasteiger partial charge is 0.338 e. The van der Waals surface area contributed by atoms with Gasteiger partial charge in [0, 0.05) is 25.0 Å². The van der Waals surface area contributed by atoms with Gasteiger partial charge in [-0.15, -0.1) is 0 Å². The third kappa shape index (κ3) is 3.21. The predicted octanol–water partition coefficient (Wildman–Crippen LogP) is 2.30. The number of rotatable bonds is 4. The van der Waals surface area contributed by atoms with Gasteiger partial charge in [0.2, 0.25) is 5.91 Å². The van der Waals surface area contributed by atoms with Crippen LogP contribution in [0.15, 0.2) is 0 Å². The maximum atomic E-state index is 12.5. The van der Waals surface area contributed by atoms with Crippen LogP contribution >= 0.6 is 0 Å². The Morgan fingerprint density at radius 1 is 1.00 bits per heavy atom. The van der Waals surface area contributed by atoms with Crippen molar-refractivity contribution in [2.24, 2.45) is 11.7 Å². The van der Waals surface area contributed by atoms with Crippen molar-refractivity contribution >= 4 is 5.91 Å². The molecule has 0 aromatic rings. The van der Waals surface area contributed by atoms with Crippen LogP contribution in [0.1, 0.15) is 57.8 Å². The maximum absolute atomic E-state index is 12.5. The topological polar surface area (TPSA) is 46.3 Å². The van der Waals surface area contributed by atoms with Crippen LogP contribution in [0.3, 0.4) is 0 Å². The molecule has 2 aliphatic carbocycles. The zero-order valence-electron chi connectivity index (χ0n) is 10.9. The first kappa shape index (κ1) is 12.9. The lowest BCUT2D eigenvalue weighted by molar-refractivity contribution is -0.140. The SMILES string of the molecule is NCCN(C(=O)C1CCCCCC1)C1CCC1. The molecule has 1 amide bonds. The smallest absolute Gasteiger partial charge is 0.225 e. The van der Waals surface area contributed by atoms with Gasteiger partial charge in [-0.2, -0.15) is 0 Å². The molecule has 0 radical (unpaired) electrons. The van der Waals surface area contributed by atoms with E-state index in [1.165, 1.54) is 44.9 Å². The fourth-order valence-corrected chi connectivity index (χ4v) is 3.07. The second-order valence-electron chi connectivity index (χ2n) is 5.59. The molecular formula is C14H26N2O. The molecule has 0 aliphatic heterocycles. The van der Waals surface area contributed by atoms with Gasteiger partial charge < -0.3 is 10.6 Å². The quantitative estimate of drug-likeness (QED) is 0.764. The van der Waals surface area contributed by atoms with Crippen molar-refractivity contribution in [2.75, 3.05) is 13.1 Å². The average Bonchev–Trinajstić information content (AvgIpc) is 2.53. The molecule has 98 valence electrons. The highest BCUT2D eigenvalue weighted by Gasteiger charge is 2.32. The first-order valence-electron chi connectivity index (χ1n) is 7.33. The van der Waals surface area contributed by atoms with Crippen molar-refractivity contribution in [3.63, 3.8) is 0 Å². The number of carbonyl (C=O) groups is 1. The van der Waals surface area contributed by atoms with Gasteiger partial charge >= 0.3 is 0 Å². The summed E-state index contributed by atoms with van der Waals surface area (Å²) >= 11 is 0. The molecule has 3 heteroatoms. The second kappa shape index (κ2) is 6.39. The van der Waals surface area contributed by atoms with Gasteiger partial charge in [-0.3, -0.25) is 4.79 Å². The first-order valence-corrected chi connectivity index (χ1v) is 7.33. The molecule has 2 N–H and O–H groups in total. The molecule has 0 bridgehead atoms. The summed E-state index contributed by atoms with van der Waals surface area (Å²) in [6.07, 6.45) is 11.0. The third-order valence-electron chi connectivity index (χ3n) is 4.37. The van der Waals surface area contributed by atoms with Gasteiger partial charge in [0.1, 0.15) is 0 Å². The van der Waals surface area contributed by atoms with Gasteiger partial charge in [-0.05, 0) is 32.1 Å². The molecule has 17 heavy (non-hydrogen) atoms. The Kier molecular flexibility index (Phi) is 4.84. The van der Waals surface area contributed by atoms with Crippen molar-refractivity contribution in [1.29, 1.82) is 0 Å². The molecule has 2 saturated carbocycles. The highest BCUT2D eigenvalue weighted by molar-refractivity contribution is 5.79. The molecular weight excluding hydrogens is 212 g/mol. The van der Waals surface area contributed by atoms with Gasteiger partial charge in [-0.1, -0.05) is 25.7 Å². The summed E-state index contributed by atoms with van der Waals surface area (Å²) in [5, 5.41) is 0. The minimum Gasteiger partial charge on any atom is -0.338 e. The molecule has 3 nitrogen and oxygen atoms in total. The molecule has 2 aliphatic rings. The number of nitrogens with two attached hydrogens (primary N) is 1. The summed E-state index contributed by atoms with van der Waals surface area (Å²) in [6, 6.07) is 0.509. The lowest BCUT2D eigenvalue weighted by Gasteiger charge is -2.39. The number of nitrogens with zero attached hydrogens (tertiary/aromatic N) is 1. The van der Waals surface area contributed by atoms with Crippen LogP contribution in [0.4, 0.5) is 0 Å². The van der Waals surface area contributed by atoms with E-state index < -0.39 is 0 Å². The van der Waals surface area contributed by atoms with Crippen molar-refractivity contribution in [3.8, 4) is 0 Å². The average molecular weight is 238 g/mol. The van der Waals surface area contributed by atoms with Crippen molar-refractivity contribution < 1.29 is 4.79 Å². The first-order chi connectivity index (χ1) is 8.33. The highest BCUT2D eigenvalue weighted by atomic mass is 16.2. The second-order valence-corrected chi connectivity index (χ2v) is 5.59. The predicted molar refractivity (Wildman–Crippen MR) is 69.6 cm³/mol. The summed E-state index contributed by atoms with van der Waals surface area (Å²) in [4.78, 5) is 14.6. The number of carbonyl (C=O) groups excluding carboxylic acids is 1. The molecule has 2 fully saturated rings. The van der Waals surface area contributed by atoms with E-state index in [1.54, 1.807) is 0 Å². The van der Waals surface area contributed by atoms with E-state index >= 15 is 0 Å². The fraction of sp³-hybridized carbons (Fsp3) is 0.929. The Labute approximate surface area is 105 Å². The van der Waals surface area contributed by atoms with E-state index in [0.717, 1.165) is 19.4 Å². The van der Waals surface area contributed by atoms with Crippen LogP contribution in [0.2, 0.25) is 0 Å². The molecule has 2 rings (SSSR count). The Bertz CT molecular complexity index is 243. The molecule has 0 heterocycles. The number of hydrogen-bond donors (Lipinski definition) is 1. The zero-order chi connectivity index (χ0) is 12.1. The lowest BCUT2D eigenvalue weighted by atomic mass is 9.89. The highest BCUT2D eigenvalue weighted by Crippen LogP contribution is 2.29. The molecule has 0 spiro atoms. The van der Waals surface area contributed by atoms with E-state index in [4.69, 9.17) is 5.73 Å². The van der Waals surface area contributed by atoms with Crippen LogP contribution in [-0.4, -0.2) is 29.9 Å². The minimum atomic E-state index is 0.296. The summed E-state index contributed by atoms with van der Waals surface area (Å²) in [7, 11) is 0. The van der Waals surface area contributed by atoms with Crippen LogP contribution in [0.25, 0.3) is 0 Å². The van der Waals surface area contributed by atoms with Gasteiger partial charge in [0.05, 0.1) is 0 Å². The summed E-state index contributed by atoms with van der Waals surface area (Å²) in [5.74, 6) is 0.701. The van der Waals surface area contributed by atoms with Crippen molar-refractivity contribution in [1.82, 2.24) is 4.90 Å². The molecule has 0 atom stereocenters. The van der Waals surface area contributed by atoms with E-state index in [-0.39, 0.29) is 0 Å². The van der Waals surface area contributed by atoms with E-state index in [0.29, 0.717) is 24.4 Å². The molecule has 0 aromatic heterocycles. The zero-order valence-corrected chi connectivity index (χ0v) is 10.9. The van der Waals surface area contributed by atoms with Crippen molar-refractivity contribution in [2.45, 2.75) is 63.8 Å². The Hall–Kier alpha value is -0.570. The van der Waals surface area contributed by atoms with E-state index in [9.17, 15) is 4.79 Å². The van der Waals surface area contributed by atoms with Gasteiger partial charge in [0.25, 0.3) is 0 Å². The molecule has 0 saturated heterocycles. The lowest BCUT2D eigenvalue weighted by Crippen LogP contribution is -2.48. The van der Waals surface area contributed by atoms with Crippen molar-refractivity contribution in [3.05, 3.63) is 0 Å². The van der Waals surface area contributed by atoms with Crippen LogP contribution < -0.4 is 5.73 Å². The molecule has 0 aromatic carbocycles. The summed E-state index contributed by atoms with van der Waals surface area (Å²) in [6.45, 7) is 1.37.